The lowest BCUT2D eigenvalue weighted by Crippen LogP contribution is -2.03. The normalized spacial score (nSPS) is 11.1. The molecule has 0 saturated carbocycles. The number of carboxylic acid groups (broad SMARTS) is 1. The maximum atomic E-state index is 11.5. The summed E-state index contributed by atoms with van der Waals surface area (Å²) < 4.78 is 0. The zero-order chi connectivity index (χ0) is 14.3. The van der Waals surface area contributed by atoms with E-state index < -0.39 is 5.97 Å². The lowest BCUT2D eigenvalue weighted by molar-refractivity contribution is 0.0695. The minimum absolute atomic E-state index is 0.0717. The summed E-state index contributed by atoms with van der Waals surface area (Å²) in [4.78, 5) is 15.9. The zero-order valence-electron chi connectivity index (χ0n) is 10.9. The minimum Gasteiger partial charge on any atom is -0.505 e. The van der Waals surface area contributed by atoms with Gasteiger partial charge in [0, 0.05) is 10.8 Å². The van der Waals surface area contributed by atoms with E-state index in [0.29, 0.717) is 23.0 Å². The number of aryl methyl sites for hydroxylation is 1. The summed E-state index contributed by atoms with van der Waals surface area (Å²) in [6.45, 7) is 1.84. The highest BCUT2D eigenvalue weighted by Crippen LogP contribution is 2.33. The Bertz CT molecular complexity index is 840. The Morgan fingerprint density at radius 3 is 2.60 bits per heavy atom. The van der Waals surface area contributed by atoms with Crippen molar-refractivity contribution < 1.29 is 15.0 Å². The summed E-state index contributed by atoms with van der Waals surface area (Å²) in [5, 5.41) is 21.8. The molecule has 4 nitrogen and oxygen atoms in total. The number of nitrogens with zero attached hydrogens (tertiary/aromatic N) is 1. The second-order valence-electron chi connectivity index (χ2n) is 4.62. The first kappa shape index (κ1) is 12.4. The van der Waals surface area contributed by atoms with E-state index in [9.17, 15) is 15.0 Å². The number of aromatic nitrogens is 1. The molecule has 0 bridgehead atoms. The van der Waals surface area contributed by atoms with Gasteiger partial charge in [0.15, 0.2) is 5.75 Å². The highest BCUT2D eigenvalue weighted by atomic mass is 16.4. The predicted octanol–water partition coefficient (Wildman–Crippen LogP) is 3.35. The Hall–Kier alpha value is -2.62. The van der Waals surface area contributed by atoms with Crippen LogP contribution in [0.4, 0.5) is 0 Å². The first-order valence-corrected chi connectivity index (χ1v) is 6.40. The van der Waals surface area contributed by atoms with Crippen LogP contribution in [0.2, 0.25) is 0 Å². The molecule has 0 aliphatic heterocycles. The van der Waals surface area contributed by atoms with Gasteiger partial charge < -0.3 is 10.2 Å². The van der Waals surface area contributed by atoms with Gasteiger partial charge in [-0.3, -0.25) is 0 Å². The molecule has 3 rings (SSSR count). The first-order chi connectivity index (χ1) is 9.63. The highest BCUT2D eigenvalue weighted by molar-refractivity contribution is 6.13. The summed E-state index contributed by atoms with van der Waals surface area (Å²) in [5.74, 6) is -1.37. The molecule has 3 aromatic rings. The monoisotopic (exact) mass is 267 g/mol. The van der Waals surface area contributed by atoms with Crippen LogP contribution in [0.5, 0.6) is 5.75 Å². The van der Waals surface area contributed by atoms with Crippen molar-refractivity contribution >= 4 is 27.6 Å². The number of carboxylic acids is 1. The van der Waals surface area contributed by atoms with E-state index in [4.69, 9.17) is 0 Å². The van der Waals surface area contributed by atoms with Gasteiger partial charge in [-0.15, -0.1) is 0 Å². The number of hydrogen-bond acceptors (Lipinski definition) is 3. The van der Waals surface area contributed by atoms with Gasteiger partial charge in [0.25, 0.3) is 0 Å². The minimum atomic E-state index is -1.14. The molecule has 0 aliphatic carbocycles. The molecular formula is C16H13NO3. The molecule has 0 atom stereocenters. The van der Waals surface area contributed by atoms with E-state index in [1.807, 2.05) is 37.3 Å². The summed E-state index contributed by atoms with van der Waals surface area (Å²) in [6, 6.07) is 11.2. The largest absolute Gasteiger partial charge is 0.505 e. The maximum absolute atomic E-state index is 11.5. The fourth-order valence-electron chi connectivity index (χ4n) is 2.50. The van der Waals surface area contributed by atoms with Crippen LogP contribution >= 0.6 is 0 Å². The number of aromatic carboxylic acids is 1. The van der Waals surface area contributed by atoms with Gasteiger partial charge >= 0.3 is 5.97 Å². The third kappa shape index (κ3) is 1.69. The lowest BCUT2D eigenvalue weighted by atomic mass is 10.0. The van der Waals surface area contributed by atoms with Crippen LogP contribution in [-0.4, -0.2) is 21.2 Å². The Morgan fingerprint density at radius 1 is 1.15 bits per heavy atom. The van der Waals surface area contributed by atoms with E-state index >= 15 is 0 Å². The number of pyridine rings is 1. The lowest BCUT2D eigenvalue weighted by Gasteiger charge is -2.11. The summed E-state index contributed by atoms with van der Waals surface area (Å²) in [7, 11) is 0. The Kier molecular flexibility index (Phi) is 2.79. The van der Waals surface area contributed by atoms with Crippen molar-refractivity contribution in [1.82, 2.24) is 4.98 Å². The van der Waals surface area contributed by atoms with Crippen molar-refractivity contribution in [3.05, 3.63) is 47.7 Å². The predicted molar refractivity (Wildman–Crippen MR) is 77.3 cm³/mol. The maximum Gasteiger partial charge on any atom is 0.340 e. The van der Waals surface area contributed by atoms with Gasteiger partial charge in [-0.25, -0.2) is 9.78 Å². The van der Waals surface area contributed by atoms with E-state index in [-0.39, 0.29) is 11.3 Å². The molecule has 0 radical (unpaired) electrons. The summed E-state index contributed by atoms with van der Waals surface area (Å²) in [6.07, 6.45) is 0.477. The van der Waals surface area contributed by atoms with Crippen molar-refractivity contribution in [1.29, 1.82) is 0 Å². The van der Waals surface area contributed by atoms with Gasteiger partial charge in [-0.2, -0.15) is 0 Å². The Morgan fingerprint density at radius 2 is 1.90 bits per heavy atom. The fraction of sp³-hybridized carbons (Fsp3) is 0.125. The molecular weight excluding hydrogens is 254 g/mol. The molecule has 0 spiro atoms. The van der Waals surface area contributed by atoms with Gasteiger partial charge in [0.2, 0.25) is 0 Å². The first-order valence-electron chi connectivity index (χ1n) is 6.40. The number of aromatic hydroxyl groups is 1. The average molecular weight is 267 g/mol. The molecule has 100 valence electrons. The van der Waals surface area contributed by atoms with E-state index in [1.54, 1.807) is 6.07 Å². The molecule has 0 aliphatic rings. The van der Waals surface area contributed by atoms with Crippen LogP contribution in [0.3, 0.4) is 0 Å². The number of benzene rings is 2. The van der Waals surface area contributed by atoms with Crippen LogP contribution in [-0.2, 0) is 6.42 Å². The molecule has 2 N–H and O–H groups in total. The highest BCUT2D eigenvalue weighted by Gasteiger charge is 2.19. The SMILES string of the molecule is CCc1nc2c(ccc3ccccc32)c(C(=O)O)c1O. The summed E-state index contributed by atoms with van der Waals surface area (Å²) in [5.41, 5.74) is 0.957. The van der Waals surface area contributed by atoms with Gasteiger partial charge in [0.05, 0.1) is 11.2 Å². The van der Waals surface area contributed by atoms with Crippen LogP contribution in [0.1, 0.15) is 23.0 Å². The van der Waals surface area contributed by atoms with E-state index in [2.05, 4.69) is 4.98 Å². The van der Waals surface area contributed by atoms with Gasteiger partial charge in [-0.05, 0) is 11.8 Å². The van der Waals surface area contributed by atoms with E-state index in [0.717, 1.165) is 10.8 Å². The molecule has 4 heteroatoms. The smallest absolute Gasteiger partial charge is 0.340 e. The van der Waals surface area contributed by atoms with Crippen LogP contribution < -0.4 is 0 Å². The molecule has 1 heterocycles. The standard InChI is InChI=1S/C16H13NO3/c1-2-12-15(18)13(16(19)20)11-8-7-9-5-3-4-6-10(9)14(11)17-12/h3-8,18H,2H2,1H3,(H,19,20). The molecule has 0 amide bonds. The third-order valence-corrected chi connectivity index (χ3v) is 3.48. The fourth-order valence-corrected chi connectivity index (χ4v) is 2.50. The van der Waals surface area contributed by atoms with Crippen LogP contribution in [0.25, 0.3) is 21.7 Å². The molecule has 20 heavy (non-hydrogen) atoms. The Balaban J connectivity index is 2.56. The zero-order valence-corrected chi connectivity index (χ0v) is 10.9. The molecule has 1 aromatic heterocycles. The van der Waals surface area contributed by atoms with Crippen LogP contribution in [0, 0.1) is 0 Å². The van der Waals surface area contributed by atoms with Crippen molar-refractivity contribution in [3.8, 4) is 5.75 Å². The second-order valence-corrected chi connectivity index (χ2v) is 4.62. The van der Waals surface area contributed by atoms with Crippen LogP contribution in [0.15, 0.2) is 36.4 Å². The molecule has 0 fully saturated rings. The molecule has 2 aromatic carbocycles. The van der Waals surface area contributed by atoms with Crippen molar-refractivity contribution in [3.63, 3.8) is 0 Å². The van der Waals surface area contributed by atoms with Gasteiger partial charge in [-0.1, -0.05) is 43.3 Å². The number of carbonyl (C=O) groups is 1. The van der Waals surface area contributed by atoms with Gasteiger partial charge in [0.1, 0.15) is 5.56 Å². The summed E-state index contributed by atoms with van der Waals surface area (Å²) >= 11 is 0. The quantitative estimate of drug-likeness (QED) is 0.698. The third-order valence-electron chi connectivity index (χ3n) is 3.48. The number of rotatable bonds is 2. The second kappa shape index (κ2) is 4.49. The van der Waals surface area contributed by atoms with E-state index in [1.165, 1.54) is 0 Å². The Labute approximate surface area is 115 Å². The average Bonchev–Trinajstić information content (AvgIpc) is 2.45. The number of fused-ring (bicyclic) bond motifs is 3. The van der Waals surface area contributed by atoms with Crippen molar-refractivity contribution in [2.45, 2.75) is 13.3 Å². The topological polar surface area (TPSA) is 70.4 Å². The molecule has 0 unspecified atom stereocenters. The van der Waals surface area contributed by atoms with Crippen molar-refractivity contribution in [2.75, 3.05) is 0 Å². The van der Waals surface area contributed by atoms with Crippen molar-refractivity contribution in [2.24, 2.45) is 0 Å². The molecule has 0 saturated heterocycles. The number of hydrogen-bond donors (Lipinski definition) is 2.